The smallest absolute Gasteiger partial charge is 0.331 e. The molecule has 8 nitrogen and oxygen atoms in total. The minimum atomic E-state index is -1.24. The Balaban J connectivity index is 1.39. The Morgan fingerprint density at radius 3 is 2.54 bits per heavy atom. The highest BCUT2D eigenvalue weighted by molar-refractivity contribution is 5.85. The third kappa shape index (κ3) is 3.54. The summed E-state index contributed by atoms with van der Waals surface area (Å²) in [4.78, 5) is 38.6. The summed E-state index contributed by atoms with van der Waals surface area (Å²) >= 11 is 0. The van der Waals surface area contributed by atoms with Gasteiger partial charge in [-0.05, 0) is 88.8 Å². The molecule has 8 heteroatoms. The zero-order valence-corrected chi connectivity index (χ0v) is 21.1. The van der Waals surface area contributed by atoms with Gasteiger partial charge in [0.15, 0.2) is 0 Å². The van der Waals surface area contributed by atoms with E-state index < -0.39 is 28.1 Å². The first-order valence-electron chi connectivity index (χ1n) is 13.1. The Labute approximate surface area is 207 Å². The summed E-state index contributed by atoms with van der Waals surface area (Å²) in [7, 11) is 3.61. The van der Waals surface area contributed by atoms with Gasteiger partial charge in [0.1, 0.15) is 19.0 Å². The van der Waals surface area contributed by atoms with E-state index >= 15 is 0 Å². The standard InChI is InChI=1S/C27H39NO7/c1-24-8-5-20-21(27(24,33)11-7-19(24)17-12-22(30)34-15-17)6-10-26(32)13-18(4-9-25(20,26)16-29)35-23(31)14-28(2)3/h12,16,18-21,32-33H,4-11,13-15H2,1-3H3/t18-,19+,20-,21+,24+,25-,26-,27?/m0/s1. The predicted octanol–water partition coefficient (Wildman–Crippen LogP) is 2.01. The molecule has 194 valence electrons. The Morgan fingerprint density at radius 2 is 1.89 bits per heavy atom. The van der Waals surface area contributed by atoms with Gasteiger partial charge in [0.05, 0.1) is 23.2 Å². The lowest BCUT2D eigenvalue weighted by Gasteiger charge is -2.65. The maximum atomic E-state index is 12.8. The van der Waals surface area contributed by atoms with Gasteiger partial charge in [0, 0.05) is 17.9 Å². The molecular weight excluding hydrogens is 450 g/mol. The van der Waals surface area contributed by atoms with Gasteiger partial charge < -0.3 is 24.5 Å². The highest BCUT2D eigenvalue weighted by Crippen LogP contribution is 2.70. The molecule has 0 amide bonds. The number of fused-ring (bicyclic) bond motifs is 5. The average molecular weight is 490 g/mol. The van der Waals surface area contributed by atoms with Crippen molar-refractivity contribution >= 4 is 18.2 Å². The molecule has 1 heterocycles. The fourth-order valence-corrected chi connectivity index (χ4v) is 8.90. The van der Waals surface area contributed by atoms with Crippen molar-refractivity contribution in [3.05, 3.63) is 11.6 Å². The second-order valence-corrected chi connectivity index (χ2v) is 12.3. The van der Waals surface area contributed by atoms with Crippen molar-refractivity contribution in [1.29, 1.82) is 0 Å². The monoisotopic (exact) mass is 489 g/mol. The quantitative estimate of drug-likeness (QED) is 0.445. The zero-order chi connectivity index (χ0) is 25.2. The van der Waals surface area contributed by atoms with Crippen molar-refractivity contribution in [2.75, 3.05) is 27.2 Å². The summed E-state index contributed by atoms with van der Waals surface area (Å²) < 4.78 is 10.9. The molecule has 8 atom stereocenters. The lowest BCUT2D eigenvalue weighted by atomic mass is 9.41. The molecule has 4 fully saturated rings. The molecule has 4 aliphatic carbocycles. The summed E-state index contributed by atoms with van der Waals surface area (Å²) in [6, 6.07) is 0. The maximum Gasteiger partial charge on any atom is 0.331 e. The van der Waals surface area contributed by atoms with Gasteiger partial charge in [-0.3, -0.25) is 9.69 Å². The van der Waals surface area contributed by atoms with Crippen LogP contribution < -0.4 is 0 Å². The van der Waals surface area contributed by atoms with Crippen molar-refractivity contribution in [1.82, 2.24) is 4.90 Å². The summed E-state index contributed by atoms with van der Waals surface area (Å²) in [5, 5.41) is 24.2. The van der Waals surface area contributed by atoms with Crippen LogP contribution in [0.15, 0.2) is 11.6 Å². The first kappa shape index (κ1) is 24.9. The van der Waals surface area contributed by atoms with Crippen LogP contribution in [0.2, 0.25) is 0 Å². The van der Waals surface area contributed by atoms with Gasteiger partial charge in [-0.1, -0.05) is 6.92 Å². The van der Waals surface area contributed by atoms with Crippen molar-refractivity contribution in [3.63, 3.8) is 0 Å². The number of cyclic esters (lactones) is 1. The molecule has 0 aromatic heterocycles. The highest BCUT2D eigenvalue weighted by Gasteiger charge is 2.71. The van der Waals surface area contributed by atoms with E-state index in [2.05, 4.69) is 6.92 Å². The van der Waals surface area contributed by atoms with Crippen LogP contribution in [0.3, 0.4) is 0 Å². The molecule has 5 aliphatic rings. The van der Waals surface area contributed by atoms with E-state index in [4.69, 9.17) is 9.47 Å². The van der Waals surface area contributed by atoms with Crippen LogP contribution in [0, 0.1) is 28.6 Å². The van der Waals surface area contributed by atoms with Gasteiger partial charge >= 0.3 is 11.9 Å². The molecular formula is C27H39NO7. The van der Waals surface area contributed by atoms with E-state index in [-0.39, 0.29) is 42.7 Å². The molecule has 0 saturated heterocycles. The Kier molecular flexibility index (Phi) is 5.97. The van der Waals surface area contributed by atoms with Crippen molar-refractivity contribution < 1.29 is 34.1 Å². The van der Waals surface area contributed by atoms with Crippen LogP contribution in [0.25, 0.3) is 0 Å². The molecule has 0 radical (unpaired) electrons. The van der Waals surface area contributed by atoms with Gasteiger partial charge in [-0.25, -0.2) is 4.79 Å². The number of nitrogens with zero attached hydrogens (tertiary/aromatic N) is 1. The number of carbonyl (C=O) groups excluding carboxylic acids is 3. The Morgan fingerprint density at radius 1 is 1.14 bits per heavy atom. The number of aliphatic hydroxyl groups is 2. The molecule has 2 N–H and O–H groups in total. The number of carbonyl (C=O) groups is 3. The number of ether oxygens (including phenoxy) is 2. The van der Waals surface area contributed by atoms with Crippen LogP contribution in [0.4, 0.5) is 0 Å². The SMILES string of the molecule is CN(C)CC(=O)O[C@H]1CC[C@]2(C=O)[C@H]3CC[C@]4(C)[C@@H](C5=CC(=O)OC5)CCC4(O)[C@@H]3CC[C@]2(O)C1. The summed E-state index contributed by atoms with van der Waals surface area (Å²) in [5.74, 6) is -0.759. The average Bonchev–Trinajstić information content (AvgIpc) is 3.32. The molecule has 1 unspecified atom stereocenters. The molecule has 0 aromatic rings. The van der Waals surface area contributed by atoms with E-state index in [0.717, 1.165) is 31.1 Å². The van der Waals surface area contributed by atoms with Crippen molar-refractivity contribution in [2.45, 2.75) is 82.0 Å². The topological polar surface area (TPSA) is 113 Å². The lowest BCUT2D eigenvalue weighted by Crippen LogP contribution is -2.69. The van der Waals surface area contributed by atoms with Gasteiger partial charge in [-0.15, -0.1) is 0 Å². The van der Waals surface area contributed by atoms with Gasteiger partial charge in [0.25, 0.3) is 0 Å². The normalized spacial score (nSPS) is 46.8. The molecule has 5 rings (SSSR count). The second kappa shape index (κ2) is 8.38. The van der Waals surface area contributed by atoms with Crippen LogP contribution in [-0.2, 0) is 23.9 Å². The second-order valence-electron chi connectivity index (χ2n) is 12.3. The first-order chi connectivity index (χ1) is 16.5. The van der Waals surface area contributed by atoms with Gasteiger partial charge in [0.2, 0.25) is 0 Å². The first-order valence-corrected chi connectivity index (χ1v) is 13.1. The molecule has 0 aromatic carbocycles. The van der Waals surface area contributed by atoms with Crippen molar-refractivity contribution in [3.8, 4) is 0 Å². The van der Waals surface area contributed by atoms with E-state index in [1.807, 2.05) is 0 Å². The zero-order valence-electron chi connectivity index (χ0n) is 21.1. The number of hydrogen-bond donors (Lipinski definition) is 2. The van der Waals surface area contributed by atoms with E-state index in [9.17, 15) is 24.6 Å². The van der Waals surface area contributed by atoms with E-state index in [0.29, 0.717) is 38.7 Å². The number of esters is 2. The van der Waals surface area contributed by atoms with Gasteiger partial charge in [-0.2, -0.15) is 0 Å². The van der Waals surface area contributed by atoms with E-state index in [1.54, 1.807) is 25.1 Å². The third-order valence-electron chi connectivity index (χ3n) is 10.6. The summed E-state index contributed by atoms with van der Waals surface area (Å²) in [5.41, 5.74) is -2.56. The van der Waals surface area contributed by atoms with Crippen LogP contribution >= 0.6 is 0 Å². The summed E-state index contributed by atoms with van der Waals surface area (Å²) in [6.45, 7) is 2.62. The number of hydrogen-bond acceptors (Lipinski definition) is 8. The highest BCUT2D eigenvalue weighted by atomic mass is 16.5. The van der Waals surface area contributed by atoms with Crippen LogP contribution in [0.1, 0.15) is 64.7 Å². The fraction of sp³-hybridized carbons (Fsp3) is 0.815. The Hall–Kier alpha value is -1.77. The molecule has 0 spiro atoms. The van der Waals surface area contributed by atoms with E-state index in [1.165, 1.54) is 0 Å². The summed E-state index contributed by atoms with van der Waals surface area (Å²) in [6.07, 6.45) is 7.33. The maximum absolute atomic E-state index is 12.8. The van der Waals surface area contributed by atoms with Crippen LogP contribution in [0.5, 0.6) is 0 Å². The number of likely N-dealkylation sites (N-methyl/N-ethyl adjacent to an activating group) is 1. The number of rotatable bonds is 5. The Bertz CT molecular complexity index is 948. The lowest BCUT2D eigenvalue weighted by molar-refractivity contribution is -0.249. The minimum Gasteiger partial charge on any atom is -0.461 e. The largest absolute Gasteiger partial charge is 0.461 e. The number of aldehydes is 1. The molecule has 1 aliphatic heterocycles. The van der Waals surface area contributed by atoms with Crippen LogP contribution in [-0.4, -0.2) is 77.9 Å². The molecule has 4 saturated carbocycles. The molecule has 35 heavy (non-hydrogen) atoms. The third-order valence-corrected chi connectivity index (χ3v) is 10.6. The fourth-order valence-electron chi connectivity index (χ4n) is 8.90. The van der Waals surface area contributed by atoms with Crippen molar-refractivity contribution in [2.24, 2.45) is 28.6 Å². The predicted molar refractivity (Wildman–Crippen MR) is 126 cm³/mol. The molecule has 0 bridgehead atoms. The minimum absolute atomic E-state index is 0.0831.